The first-order valence-corrected chi connectivity index (χ1v) is 10.6. The van der Waals surface area contributed by atoms with Crippen LogP contribution < -0.4 is 20.1 Å². The van der Waals surface area contributed by atoms with Gasteiger partial charge in [0.15, 0.2) is 0 Å². The zero-order chi connectivity index (χ0) is 22.4. The van der Waals surface area contributed by atoms with Gasteiger partial charge >= 0.3 is 0 Å². The van der Waals surface area contributed by atoms with Gasteiger partial charge in [-0.3, -0.25) is 4.79 Å². The lowest BCUT2D eigenvalue weighted by Crippen LogP contribution is -2.28. The zero-order valence-corrected chi connectivity index (χ0v) is 18.7. The number of hydrogen-bond donors (Lipinski definition) is 2. The van der Waals surface area contributed by atoms with Crippen LogP contribution in [0.3, 0.4) is 0 Å². The van der Waals surface area contributed by atoms with Gasteiger partial charge in [-0.15, -0.1) is 0 Å². The monoisotopic (exact) mass is 439 g/mol. The minimum absolute atomic E-state index is 0.0548. The van der Waals surface area contributed by atoms with Crippen LogP contribution in [0.4, 0.5) is 5.69 Å². The minimum Gasteiger partial charge on any atom is -0.495 e. The van der Waals surface area contributed by atoms with E-state index in [1.54, 1.807) is 12.1 Å². The first-order valence-electron chi connectivity index (χ1n) is 10.2. The van der Waals surface area contributed by atoms with E-state index in [2.05, 4.69) is 22.8 Å². The number of rotatable bonds is 7. The van der Waals surface area contributed by atoms with Gasteiger partial charge in [-0.1, -0.05) is 29.8 Å². The molecule has 0 aliphatic heterocycles. The molecule has 0 spiro atoms. The van der Waals surface area contributed by atoms with E-state index in [9.17, 15) is 10.1 Å². The lowest BCUT2D eigenvalue weighted by molar-refractivity contribution is -0.117. The maximum Gasteiger partial charge on any atom is 0.263 e. The summed E-state index contributed by atoms with van der Waals surface area (Å²) in [5.74, 6) is 0.449. The fourth-order valence-corrected chi connectivity index (χ4v) is 3.88. The van der Waals surface area contributed by atoms with Crippen LogP contribution in [-0.4, -0.2) is 20.1 Å². The Bertz CT molecular complexity index is 1040. The van der Waals surface area contributed by atoms with Crippen molar-refractivity contribution in [1.82, 2.24) is 5.32 Å². The summed E-state index contributed by atoms with van der Waals surface area (Å²) in [4.78, 5) is 12.7. The molecular formula is C24H26ClN3O3. The summed E-state index contributed by atoms with van der Waals surface area (Å²) >= 11 is 6.12. The smallest absolute Gasteiger partial charge is 0.263 e. The summed E-state index contributed by atoms with van der Waals surface area (Å²) in [7, 11) is 3.01. The van der Waals surface area contributed by atoms with Crippen LogP contribution in [0.25, 0.3) is 0 Å². The van der Waals surface area contributed by atoms with Crippen molar-refractivity contribution in [2.24, 2.45) is 0 Å². The number of nitriles is 1. The van der Waals surface area contributed by atoms with Crippen LogP contribution in [0.1, 0.15) is 42.5 Å². The number of carbonyl (C=O) groups is 1. The van der Waals surface area contributed by atoms with Gasteiger partial charge in [-0.25, -0.2) is 0 Å². The second kappa shape index (κ2) is 10.2. The number of ether oxygens (including phenoxy) is 2. The van der Waals surface area contributed by atoms with Crippen LogP contribution in [-0.2, 0) is 17.6 Å². The van der Waals surface area contributed by atoms with Crippen LogP contribution in [0.2, 0.25) is 5.02 Å². The van der Waals surface area contributed by atoms with E-state index in [1.807, 2.05) is 19.1 Å². The second-order valence-corrected chi connectivity index (χ2v) is 7.84. The third-order valence-electron chi connectivity index (χ3n) is 5.43. The average Bonchev–Trinajstić information content (AvgIpc) is 2.79. The minimum atomic E-state index is -0.458. The molecule has 162 valence electrons. The van der Waals surface area contributed by atoms with Gasteiger partial charge in [0.05, 0.1) is 31.0 Å². The number of amides is 1. The number of carbonyl (C=O) groups excluding carboxylic acids is 1. The topological polar surface area (TPSA) is 83.4 Å². The predicted molar refractivity (Wildman–Crippen MR) is 122 cm³/mol. The van der Waals surface area contributed by atoms with Gasteiger partial charge < -0.3 is 20.1 Å². The average molecular weight is 440 g/mol. The van der Waals surface area contributed by atoms with E-state index in [4.69, 9.17) is 21.1 Å². The lowest BCUT2D eigenvalue weighted by atomic mass is 9.89. The molecule has 0 heterocycles. The molecule has 31 heavy (non-hydrogen) atoms. The second-order valence-electron chi connectivity index (χ2n) is 7.43. The summed E-state index contributed by atoms with van der Waals surface area (Å²) in [5.41, 5.74) is 4.24. The Hall–Kier alpha value is -3.17. The van der Waals surface area contributed by atoms with Gasteiger partial charge in [0.1, 0.15) is 23.1 Å². The predicted octanol–water partition coefficient (Wildman–Crippen LogP) is 4.93. The maximum absolute atomic E-state index is 12.7. The summed E-state index contributed by atoms with van der Waals surface area (Å²) < 4.78 is 10.5. The molecule has 0 radical (unpaired) electrons. The molecule has 1 aliphatic carbocycles. The summed E-state index contributed by atoms with van der Waals surface area (Å²) in [6, 6.07) is 11.3. The highest BCUT2D eigenvalue weighted by Crippen LogP contribution is 2.36. The molecule has 2 aromatic rings. The number of anilines is 1. The fraction of sp³-hybridized carbons (Fsp3) is 0.333. The van der Waals surface area contributed by atoms with Crippen LogP contribution in [0.15, 0.2) is 42.1 Å². The van der Waals surface area contributed by atoms with E-state index in [0.717, 1.165) is 18.4 Å². The van der Waals surface area contributed by atoms with Gasteiger partial charge in [0, 0.05) is 18.3 Å². The normalized spacial score (nSPS) is 14.1. The number of halogens is 1. The quantitative estimate of drug-likeness (QED) is 0.472. The molecule has 0 fully saturated rings. The van der Waals surface area contributed by atoms with Crippen LogP contribution in [0, 0.1) is 11.3 Å². The van der Waals surface area contributed by atoms with E-state index >= 15 is 0 Å². The van der Waals surface area contributed by atoms with Crippen molar-refractivity contribution in [3.8, 4) is 17.6 Å². The van der Waals surface area contributed by atoms with Crippen molar-refractivity contribution in [2.45, 2.75) is 38.6 Å². The number of nitrogens with zero attached hydrogens (tertiary/aromatic N) is 1. The zero-order valence-electron chi connectivity index (χ0n) is 17.9. The fourth-order valence-electron chi connectivity index (χ4n) is 3.65. The Balaban J connectivity index is 1.73. The molecular weight excluding hydrogens is 414 g/mol. The third-order valence-corrected chi connectivity index (χ3v) is 5.73. The van der Waals surface area contributed by atoms with E-state index in [0.29, 0.717) is 22.2 Å². The van der Waals surface area contributed by atoms with Crippen molar-refractivity contribution in [3.63, 3.8) is 0 Å². The number of benzene rings is 2. The Morgan fingerprint density at radius 3 is 2.52 bits per heavy atom. The molecule has 1 atom stereocenters. The number of methoxy groups -OCH3 is 2. The molecule has 0 saturated heterocycles. The highest BCUT2D eigenvalue weighted by atomic mass is 35.5. The first kappa shape index (κ1) is 22.5. The summed E-state index contributed by atoms with van der Waals surface area (Å²) in [5, 5.41) is 15.7. The van der Waals surface area contributed by atoms with Crippen molar-refractivity contribution >= 4 is 23.2 Å². The highest BCUT2D eigenvalue weighted by molar-refractivity contribution is 6.32. The Kier molecular flexibility index (Phi) is 7.43. The molecule has 1 amide bonds. The number of hydrogen-bond acceptors (Lipinski definition) is 5. The summed E-state index contributed by atoms with van der Waals surface area (Å²) in [6.07, 6.45) is 5.96. The molecule has 1 unspecified atom stereocenters. The largest absolute Gasteiger partial charge is 0.495 e. The first-order chi connectivity index (χ1) is 15.0. The Labute approximate surface area is 187 Å². The van der Waals surface area contributed by atoms with Crippen molar-refractivity contribution in [3.05, 3.63) is 63.8 Å². The summed E-state index contributed by atoms with van der Waals surface area (Å²) in [6.45, 7) is 1.91. The molecule has 2 N–H and O–H groups in total. The van der Waals surface area contributed by atoms with Gasteiger partial charge in [0.2, 0.25) is 0 Å². The van der Waals surface area contributed by atoms with Gasteiger partial charge in [0.25, 0.3) is 5.91 Å². The number of fused-ring (bicyclic) bond motifs is 1. The SMILES string of the molecule is COc1cc(N/C=C(/C#N)C(=O)NC(C)c2ccc3c(c2)CCCC3)c(OC)cc1Cl. The third kappa shape index (κ3) is 5.31. The molecule has 0 saturated carbocycles. The Morgan fingerprint density at radius 1 is 1.13 bits per heavy atom. The van der Waals surface area contributed by atoms with Crippen molar-refractivity contribution in [1.29, 1.82) is 5.26 Å². The molecule has 0 bridgehead atoms. The molecule has 1 aliphatic rings. The number of nitrogens with one attached hydrogen (secondary N) is 2. The van der Waals surface area contributed by atoms with Crippen LogP contribution in [0.5, 0.6) is 11.5 Å². The molecule has 6 nitrogen and oxygen atoms in total. The van der Waals surface area contributed by atoms with Crippen LogP contribution >= 0.6 is 11.6 Å². The molecule has 0 aromatic heterocycles. The Morgan fingerprint density at radius 2 is 1.84 bits per heavy atom. The lowest BCUT2D eigenvalue weighted by Gasteiger charge is -2.20. The van der Waals surface area contributed by atoms with Gasteiger partial charge in [-0.2, -0.15) is 5.26 Å². The molecule has 3 rings (SSSR count). The number of aryl methyl sites for hydroxylation is 2. The van der Waals surface area contributed by atoms with E-state index in [1.165, 1.54) is 44.4 Å². The van der Waals surface area contributed by atoms with Gasteiger partial charge in [-0.05, 0) is 49.3 Å². The molecule has 2 aromatic carbocycles. The highest BCUT2D eigenvalue weighted by Gasteiger charge is 2.17. The maximum atomic E-state index is 12.7. The van der Waals surface area contributed by atoms with Crippen molar-refractivity contribution < 1.29 is 14.3 Å². The van der Waals surface area contributed by atoms with Crippen molar-refractivity contribution in [2.75, 3.05) is 19.5 Å². The van der Waals surface area contributed by atoms with E-state index in [-0.39, 0.29) is 11.6 Å². The molecule has 7 heteroatoms. The van der Waals surface area contributed by atoms with E-state index < -0.39 is 5.91 Å². The standard InChI is InChI=1S/C24H26ClN3O3/c1-15(17-9-8-16-6-4-5-7-18(16)10-17)28-24(29)19(13-26)14-27-21-12-22(30-2)20(25)11-23(21)31-3/h8-12,14-15,27H,4-7H2,1-3H3,(H,28,29)/b19-14-.